The topological polar surface area (TPSA) is 70.7 Å². The Kier molecular flexibility index (Phi) is 4.83. The third-order valence-electron chi connectivity index (χ3n) is 4.97. The number of carbonyl (C=O) groups excluding carboxylic acids is 1. The summed E-state index contributed by atoms with van der Waals surface area (Å²) in [6.07, 6.45) is 3.19. The van der Waals surface area contributed by atoms with Gasteiger partial charge in [0.2, 0.25) is 0 Å². The molecule has 0 aliphatic heterocycles. The standard InChI is InChI=1S/C22H22N4O/c1-15-19(11-6-12-21(15)27)23-18-10-5-9-17(14-18)22-20(24-26-25-22)13-16-7-3-2-4-8-16/h2-5,7-10,14,23H,6,11-13H2,1H3,(H,24,25,26). The maximum absolute atomic E-state index is 11.9. The van der Waals surface area contributed by atoms with Gasteiger partial charge in [-0.2, -0.15) is 15.4 Å². The van der Waals surface area contributed by atoms with Crippen LogP contribution >= 0.6 is 0 Å². The lowest BCUT2D eigenvalue weighted by Gasteiger charge is -2.19. The van der Waals surface area contributed by atoms with Gasteiger partial charge in [-0.05, 0) is 37.5 Å². The SMILES string of the molecule is CC1=C(Nc2cccc(-c3n[nH]nc3Cc3ccccc3)c2)CCCC1=O. The van der Waals surface area contributed by atoms with Gasteiger partial charge in [0.15, 0.2) is 5.78 Å². The van der Waals surface area contributed by atoms with Crippen LogP contribution in [0.5, 0.6) is 0 Å². The smallest absolute Gasteiger partial charge is 0.160 e. The van der Waals surface area contributed by atoms with E-state index in [9.17, 15) is 4.79 Å². The molecule has 0 unspecified atom stereocenters. The minimum Gasteiger partial charge on any atom is -0.359 e. The number of nitrogens with one attached hydrogen (secondary N) is 2. The van der Waals surface area contributed by atoms with Gasteiger partial charge in [0.1, 0.15) is 5.69 Å². The molecule has 0 fully saturated rings. The van der Waals surface area contributed by atoms with Crippen molar-refractivity contribution in [2.75, 3.05) is 5.32 Å². The van der Waals surface area contributed by atoms with Crippen LogP contribution in [0.25, 0.3) is 11.3 Å². The Balaban J connectivity index is 1.60. The largest absolute Gasteiger partial charge is 0.359 e. The van der Waals surface area contributed by atoms with Crippen molar-refractivity contribution in [2.24, 2.45) is 0 Å². The van der Waals surface area contributed by atoms with Crippen LogP contribution in [0.1, 0.15) is 37.4 Å². The molecular formula is C22H22N4O. The fourth-order valence-electron chi connectivity index (χ4n) is 3.44. The molecule has 0 saturated carbocycles. The van der Waals surface area contributed by atoms with E-state index in [1.165, 1.54) is 5.56 Å². The number of aromatic amines is 1. The van der Waals surface area contributed by atoms with E-state index in [4.69, 9.17) is 0 Å². The average molecular weight is 358 g/mol. The maximum atomic E-state index is 11.9. The quantitative estimate of drug-likeness (QED) is 0.704. The summed E-state index contributed by atoms with van der Waals surface area (Å²) in [5.41, 5.74) is 6.80. The zero-order valence-corrected chi connectivity index (χ0v) is 15.3. The second-order valence-electron chi connectivity index (χ2n) is 6.87. The number of anilines is 1. The van der Waals surface area contributed by atoms with Crippen LogP contribution in [0.2, 0.25) is 0 Å². The van der Waals surface area contributed by atoms with Gasteiger partial charge in [0.25, 0.3) is 0 Å². The highest BCUT2D eigenvalue weighted by atomic mass is 16.1. The molecular weight excluding hydrogens is 336 g/mol. The van der Waals surface area contributed by atoms with Crippen LogP contribution in [0, 0.1) is 0 Å². The molecule has 5 nitrogen and oxygen atoms in total. The lowest BCUT2D eigenvalue weighted by atomic mass is 9.96. The molecule has 1 aliphatic carbocycles. The number of rotatable bonds is 5. The number of aromatic nitrogens is 3. The van der Waals surface area contributed by atoms with E-state index in [1.54, 1.807) is 0 Å². The molecule has 1 heterocycles. The van der Waals surface area contributed by atoms with E-state index in [0.29, 0.717) is 6.42 Å². The molecule has 0 amide bonds. The van der Waals surface area contributed by atoms with E-state index < -0.39 is 0 Å². The first-order valence-electron chi connectivity index (χ1n) is 9.24. The van der Waals surface area contributed by atoms with Gasteiger partial charge in [0, 0.05) is 35.4 Å². The first-order valence-corrected chi connectivity index (χ1v) is 9.24. The molecule has 0 saturated heterocycles. The number of benzene rings is 2. The Bertz CT molecular complexity index is 988. The average Bonchev–Trinajstić information content (AvgIpc) is 3.15. The Hall–Kier alpha value is -3.21. The summed E-state index contributed by atoms with van der Waals surface area (Å²) in [6, 6.07) is 18.4. The van der Waals surface area contributed by atoms with E-state index in [0.717, 1.165) is 53.2 Å². The number of hydrogen-bond acceptors (Lipinski definition) is 4. The van der Waals surface area contributed by atoms with E-state index in [-0.39, 0.29) is 5.78 Å². The van der Waals surface area contributed by atoms with Crippen molar-refractivity contribution in [1.82, 2.24) is 15.4 Å². The van der Waals surface area contributed by atoms with Crippen LogP contribution in [0.15, 0.2) is 65.9 Å². The summed E-state index contributed by atoms with van der Waals surface area (Å²) < 4.78 is 0. The highest BCUT2D eigenvalue weighted by Gasteiger charge is 2.17. The fourth-order valence-corrected chi connectivity index (χ4v) is 3.44. The number of Topliss-reactive ketones (excluding diaryl/α,β-unsaturated/α-hetero) is 1. The lowest BCUT2D eigenvalue weighted by molar-refractivity contribution is -0.116. The first kappa shape index (κ1) is 17.2. The molecule has 0 radical (unpaired) electrons. The Labute approximate surface area is 158 Å². The minimum atomic E-state index is 0.238. The molecule has 3 aromatic rings. The third kappa shape index (κ3) is 3.82. The van der Waals surface area contributed by atoms with Gasteiger partial charge >= 0.3 is 0 Å². The molecule has 0 bridgehead atoms. The van der Waals surface area contributed by atoms with Gasteiger partial charge in [-0.1, -0.05) is 42.5 Å². The Morgan fingerprint density at radius 2 is 1.89 bits per heavy atom. The molecule has 2 aromatic carbocycles. The predicted octanol–water partition coefficient (Wildman–Crippen LogP) is 4.50. The van der Waals surface area contributed by atoms with Crippen molar-refractivity contribution < 1.29 is 4.79 Å². The van der Waals surface area contributed by atoms with Gasteiger partial charge in [-0.25, -0.2) is 0 Å². The van der Waals surface area contributed by atoms with Gasteiger partial charge in [-0.3, -0.25) is 4.79 Å². The number of allylic oxidation sites excluding steroid dienone is 2. The van der Waals surface area contributed by atoms with Crippen LogP contribution in [0.4, 0.5) is 5.69 Å². The number of nitrogens with zero attached hydrogens (tertiary/aromatic N) is 2. The van der Waals surface area contributed by atoms with Crippen molar-refractivity contribution in [1.29, 1.82) is 0 Å². The number of ketones is 1. The first-order chi connectivity index (χ1) is 13.2. The summed E-state index contributed by atoms with van der Waals surface area (Å²) in [7, 11) is 0. The van der Waals surface area contributed by atoms with Gasteiger partial charge in [0.05, 0.1) is 5.69 Å². The van der Waals surface area contributed by atoms with Crippen LogP contribution in [0.3, 0.4) is 0 Å². The van der Waals surface area contributed by atoms with E-state index in [2.05, 4.69) is 38.9 Å². The Morgan fingerprint density at radius 1 is 1.04 bits per heavy atom. The van der Waals surface area contributed by atoms with Crippen molar-refractivity contribution in [3.63, 3.8) is 0 Å². The zero-order valence-electron chi connectivity index (χ0n) is 15.3. The molecule has 5 heteroatoms. The zero-order chi connectivity index (χ0) is 18.6. The van der Waals surface area contributed by atoms with Crippen molar-refractivity contribution in [3.8, 4) is 11.3 Å². The molecule has 0 spiro atoms. The van der Waals surface area contributed by atoms with E-state index >= 15 is 0 Å². The normalized spacial score (nSPS) is 14.5. The van der Waals surface area contributed by atoms with Crippen LogP contribution in [-0.4, -0.2) is 21.2 Å². The van der Waals surface area contributed by atoms with Gasteiger partial charge in [-0.15, -0.1) is 0 Å². The minimum absolute atomic E-state index is 0.238. The summed E-state index contributed by atoms with van der Waals surface area (Å²) in [5.74, 6) is 0.238. The Morgan fingerprint density at radius 3 is 2.74 bits per heavy atom. The summed E-state index contributed by atoms with van der Waals surface area (Å²) in [5, 5.41) is 14.9. The van der Waals surface area contributed by atoms with Crippen molar-refractivity contribution in [3.05, 3.63) is 77.1 Å². The monoisotopic (exact) mass is 358 g/mol. The number of H-pyrrole nitrogens is 1. The molecule has 2 N–H and O–H groups in total. The number of carbonyl (C=O) groups is 1. The van der Waals surface area contributed by atoms with Crippen LogP contribution < -0.4 is 5.32 Å². The second-order valence-corrected chi connectivity index (χ2v) is 6.87. The molecule has 1 aromatic heterocycles. The lowest BCUT2D eigenvalue weighted by Crippen LogP contribution is -2.14. The van der Waals surface area contributed by atoms with Crippen LogP contribution in [-0.2, 0) is 11.2 Å². The predicted molar refractivity (Wildman–Crippen MR) is 106 cm³/mol. The van der Waals surface area contributed by atoms with Crippen molar-refractivity contribution in [2.45, 2.75) is 32.6 Å². The highest BCUT2D eigenvalue weighted by molar-refractivity contribution is 5.96. The van der Waals surface area contributed by atoms with E-state index in [1.807, 2.05) is 43.3 Å². The molecule has 136 valence electrons. The van der Waals surface area contributed by atoms with Gasteiger partial charge < -0.3 is 5.32 Å². The molecule has 4 rings (SSSR count). The fraction of sp³-hybridized carbons (Fsp3) is 0.227. The summed E-state index contributed by atoms with van der Waals surface area (Å²) in [6.45, 7) is 1.91. The maximum Gasteiger partial charge on any atom is 0.160 e. The molecule has 1 aliphatic rings. The number of hydrogen-bond donors (Lipinski definition) is 2. The van der Waals surface area contributed by atoms with Crippen molar-refractivity contribution >= 4 is 11.5 Å². The third-order valence-corrected chi connectivity index (χ3v) is 4.97. The molecule has 27 heavy (non-hydrogen) atoms. The highest BCUT2D eigenvalue weighted by Crippen LogP contribution is 2.28. The summed E-state index contributed by atoms with van der Waals surface area (Å²) in [4.78, 5) is 11.9. The molecule has 0 atom stereocenters. The summed E-state index contributed by atoms with van der Waals surface area (Å²) >= 11 is 0. The second kappa shape index (κ2) is 7.58.